The quantitative estimate of drug-likeness (QED) is 0.806. The van der Waals surface area contributed by atoms with Crippen LogP contribution in [0.5, 0.6) is 0 Å². The highest BCUT2D eigenvalue weighted by molar-refractivity contribution is 5.82. The van der Waals surface area contributed by atoms with Gasteiger partial charge in [-0.25, -0.2) is 0 Å². The minimum atomic E-state index is -0.436. The van der Waals surface area contributed by atoms with Crippen LogP contribution in [0.1, 0.15) is 31.4 Å². The Bertz CT molecular complexity index is 612. The molecule has 2 rings (SSSR count). The first-order valence-corrected chi connectivity index (χ1v) is 8.74. The van der Waals surface area contributed by atoms with Crippen molar-refractivity contribution in [3.63, 3.8) is 0 Å². The second-order valence-electron chi connectivity index (χ2n) is 6.39. The van der Waals surface area contributed by atoms with Gasteiger partial charge in [0, 0.05) is 13.1 Å². The zero-order chi connectivity index (χ0) is 17.4. The van der Waals surface area contributed by atoms with Crippen LogP contribution in [0.4, 0.5) is 0 Å². The molecule has 0 heterocycles. The van der Waals surface area contributed by atoms with Crippen LogP contribution in [-0.2, 0) is 17.8 Å². The fourth-order valence-corrected chi connectivity index (χ4v) is 2.69. The summed E-state index contributed by atoms with van der Waals surface area (Å²) in [5.74, 6) is 0.233. The van der Waals surface area contributed by atoms with Crippen molar-refractivity contribution in [3.05, 3.63) is 71.8 Å². The molecular formula is C21H28N2O. The third-order valence-corrected chi connectivity index (χ3v) is 4.58. The zero-order valence-electron chi connectivity index (χ0n) is 14.7. The Morgan fingerprint density at radius 1 is 1.00 bits per heavy atom. The van der Waals surface area contributed by atoms with Gasteiger partial charge in [-0.15, -0.1) is 0 Å². The second-order valence-corrected chi connectivity index (χ2v) is 6.39. The molecule has 3 nitrogen and oxygen atoms in total. The number of nitrogens with zero attached hydrogens (tertiary/aromatic N) is 1. The SMILES string of the molecule is CCC(C)C(N)C(=O)N(CCc1ccccc1)Cc1ccccc1. The smallest absolute Gasteiger partial charge is 0.240 e. The molecule has 0 bridgehead atoms. The van der Waals surface area contributed by atoms with Gasteiger partial charge >= 0.3 is 0 Å². The molecule has 24 heavy (non-hydrogen) atoms. The maximum absolute atomic E-state index is 12.9. The van der Waals surface area contributed by atoms with E-state index in [4.69, 9.17) is 5.73 Å². The van der Waals surface area contributed by atoms with E-state index in [-0.39, 0.29) is 11.8 Å². The first kappa shape index (κ1) is 18.2. The van der Waals surface area contributed by atoms with Crippen LogP contribution < -0.4 is 5.73 Å². The molecule has 0 spiro atoms. The molecule has 0 aliphatic heterocycles. The number of benzene rings is 2. The van der Waals surface area contributed by atoms with E-state index in [1.807, 2.05) is 48.2 Å². The van der Waals surface area contributed by atoms with Crippen molar-refractivity contribution in [1.29, 1.82) is 0 Å². The third-order valence-electron chi connectivity index (χ3n) is 4.58. The average Bonchev–Trinajstić information content (AvgIpc) is 2.65. The van der Waals surface area contributed by atoms with Gasteiger partial charge < -0.3 is 10.6 Å². The summed E-state index contributed by atoms with van der Waals surface area (Å²) >= 11 is 0. The summed E-state index contributed by atoms with van der Waals surface area (Å²) in [4.78, 5) is 14.8. The van der Waals surface area contributed by atoms with E-state index >= 15 is 0 Å². The van der Waals surface area contributed by atoms with E-state index in [2.05, 4.69) is 31.2 Å². The van der Waals surface area contributed by atoms with Gasteiger partial charge in [0.15, 0.2) is 0 Å². The Balaban J connectivity index is 2.09. The van der Waals surface area contributed by atoms with Crippen molar-refractivity contribution in [2.45, 2.75) is 39.3 Å². The van der Waals surface area contributed by atoms with Gasteiger partial charge in [0.2, 0.25) is 5.91 Å². The molecule has 2 atom stereocenters. The molecule has 3 heteroatoms. The van der Waals surface area contributed by atoms with Gasteiger partial charge in [0.25, 0.3) is 0 Å². The van der Waals surface area contributed by atoms with E-state index < -0.39 is 6.04 Å². The molecule has 0 aromatic heterocycles. The lowest BCUT2D eigenvalue weighted by Crippen LogP contribution is -2.47. The Kier molecular flexibility index (Phi) is 7.01. The second kappa shape index (κ2) is 9.24. The lowest BCUT2D eigenvalue weighted by Gasteiger charge is -2.28. The highest BCUT2D eigenvalue weighted by Crippen LogP contribution is 2.13. The van der Waals surface area contributed by atoms with E-state index in [1.54, 1.807) is 0 Å². The van der Waals surface area contributed by atoms with Crippen LogP contribution in [-0.4, -0.2) is 23.4 Å². The first-order chi connectivity index (χ1) is 11.6. The van der Waals surface area contributed by atoms with Gasteiger partial charge in [-0.1, -0.05) is 80.9 Å². The van der Waals surface area contributed by atoms with E-state index in [0.717, 1.165) is 18.4 Å². The molecule has 2 aromatic rings. The molecule has 0 aliphatic carbocycles. The standard InChI is InChI=1S/C21H28N2O/c1-3-17(2)20(22)21(24)23(16-19-12-8-5-9-13-19)15-14-18-10-6-4-7-11-18/h4-13,17,20H,3,14-16,22H2,1-2H3. The molecule has 2 N–H and O–H groups in total. The van der Waals surface area contributed by atoms with Crippen LogP contribution >= 0.6 is 0 Å². The van der Waals surface area contributed by atoms with E-state index in [9.17, 15) is 4.79 Å². The van der Waals surface area contributed by atoms with Crippen LogP contribution in [0.25, 0.3) is 0 Å². The molecular weight excluding hydrogens is 296 g/mol. The summed E-state index contributed by atoms with van der Waals surface area (Å²) in [6.45, 7) is 5.41. The number of carbonyl (C=O) groups is 1. The summed E-state index contributed by atoms with van der Waals surface area (Å²) in [6, 6.07) is 19.9. The van der Waals surface area contributed by atoms with Crippen molar-refractivity contribution in [1.82, 2.24) is 4.90 Å². The third kappa shape index (κ3) is 5.20. The van der Waals surface area contributed by atoms with Crippen molar-refractivity contribution in [2.24, 2.45) is 11.7 Å². The van der Waals surface area contributed by atoms with E-state index in [0.29, 0.717) is 13.1 Å². The van der Waals surface area contributed by atoms with Crippen molar-refractivity contribution in [2.75, 3.05) is 6.54 Å². The molecule has 0 saturated heterocycles. The number of hydrogen-bond donors (Lipinski definition) is 1. The monoisotopic (exact) mass is 324 g/mol. The molecule has 128 valence electrons. The zero-order valence-corrected chi connectivity index (χ0v) is 14.7. The van der Waals surface area contributed by atoms with Gasteiger partial charge in [0.1, 0.15) is 0 Å². The lowest BCUT2D eigenvalue weighted by atomic mass is 9.98. The van der Waals surface area contributed by atoms with Crippen molar-refractivity contribution >= 4 is 5.91 Å². The fraction of sp³-hybridized carbons (Fsp3) is 0.381. The highest BCUT2D eigenvalue weighted by atomic mass is 16.2. The van der Waals surface area contributed by atoms with Gasteiger partial charge in [0.05, 0.1) is 6.04 Å². The largest absolute Gasteiger partial charge is 0.337 e. The average molecular weight is 324 g/mol. The molecule has 0 fully saturated rings. The maximum Gasteiger partial charge on any atom is 0.240 e. The maximum atomic E-state index is 12.9. The molecule has 0 saturated carbocycles. The molecule has 1 amide bonds. The predicted octanol–water partition coefficient (Wildman–Crippen LogP) is 3.63. The summed E-state index contributed by atoms with van der Waals surface area (Å²) in [7, 11) is 0. The van der Waals surface area contributed by atoms with Crippen molar-refractivity contribution in [3.8, 4) is 0 Å². The highest BCUT2D eigenvalue weighted by Gasteiger charge is 2.24. The fourth-order valence-electron chi connectivity index (χ4n) is 2.69. The normalized spacial score (nSPS) is 13.3. The first-order valence-electron chi connectivity index (χ1n) is 8.74. The topological polar surface area (TPSA) is 46.3 Å². The number of carbonyl (C=O) groups excluding carboxylic acids is 1. The number of nitrogens with two attached hydrogens (primary N) is 1. The number of hydrogen-bond acceptors (Lipinski definition) is 2. The van der Waals surface area contributed by atoms with Gasteiger partial charge in [-0.3, -0.25) is 4.79 Å². The summed E-state index contributed by atoms with van der Waals surface area (Å²) in [5.41, 5.74) is 8.57. The molecule has 0 radical (unpaired) electrons. The molecule has 2 unspecified atom stereocenters. The van der Waals surface area contributed by atoms with Gasteiger partial charge in [-0.05, 0) is 23.5 Å². The number of rotatable bonds is 8. The van der Waals surface area contributed by atoms with Crippen LogP contribution in [0.2, 0.25) is 0 Å². The Morgan fingerprint density at radius 2 is 1.54 bits per heavy atom. The minimum Gasteiger partial charge on any atom is -0.337 e. The summed E-state index contributed by atoms with van der Waals surface area (Å²) in [6.07, 6.45) is 1.75. The van der Waals surface area contributed by atoms with Crippen LogP contribution in [0.15, 0.2) is 60.7 Å². The predicted molar refractivity (Wildman–Crippen MR) is 99.4 cm³/mol. The van der Waals surface area contributed by atoms with Gasteiger partial charge in [-0.2, -0.15) is 0 Å². The Hall–Kier alpha value is -2.13. The molecule has 0 aliphatic rings. The summed E-state index contributed by atoms with van der Waals surface area (Å²) in [5, 5.41) is 0. The number of amides is 1. The Labute approximate surface area is 145 Å². The van der Waals surface area contributed by atoms with E-state index in [1.165, 1.54) is 5.56 Å². The minimum absolute atomic E-state index is 0.0455. The summed E-state index contributed by atoms with van der Waals surface area (Å²) < 4.78 is 0. The van der Waals surface area contributed by atoms with Crippen LogP contribution in [0, 0.1) is 5.92 Å². The van der Waals surface area contributed by atoms with Crippen molar-refractivity contribution < 1.29 is 4.79 Å². The lowest BCUT2D eigenvalue weighted by molar-refractivity contribution is -0.134. The Morgan fingerprint density at radius 3 is 2.08 bits per heavy atom. The van der Waals surface area contributed by atoms with Crippen LogP contribution in [0.3, 0.4) is 0 Å². The molecule has 2 aromatic carbocycles.